The molecule has 0 heterocycles. The summed E-state index contributed by atoms with van der Waals surface area (Å²) in [6.07, 6.45) is 0. The van der Waals surface area contributed by atoms with Gasteiger partial charge in [0.1, 0.15) is 5.82 Å². The summed E-state index contributed by atoms with van der Waals surface area (Å²) in [6, 6.07) is 7.16. The van der Waals surface area contributed by atoms with E-state index in [0.717, 1.165) is 12.1 Å². The zero-order valence-corrected chi connectivity index (χ0v) is 12.1. The van der Waals surface area contributed by atoms with Crippen LogP contribution in [0.4, 0.5) is 4.39 Å². The maximum absolute atomic E-state index is 13.8. The number of benzene rings is 2. The molecule has 0 bridgehead atoms. The highest BCUT2D eigenvalue weighted by atomic mass is 35.5. The number of carboxylic acids is 1. The predicted octanol–water partition coefficient (Wildman–Crippen LogP) is 3.86. The van der Waals surface area contributed by atoms with Crippen molar-refractivity contribution in [1.29, 1.82) is 0 Å². The predicted molar refractivity (Wildman–Crippen MR) is 76.9 cm³/mol. The fourth-order valence-corrected chi connectivity index (χ4v) is 2.21. The van der Waals surface area contributed by atoms with Gasteiger partial charge in [-0.1, -0.05) is 17.7 Å². The highest BCUT2D eigenvalue weighted by molar-refractivity contribution is 6.33. The molecule has 0 saturated carbocycles. The Morgan fingerprint density at radius 1 is 1.14 bits per heavy atom. The Balaban J connectivity index is 2.57. The minimum absolute atomic E-state index is 0.140. The van der Waals surface area contributed by atoms with Crippen LogP contribution in [0, 0.1) is 5.82 Å². The molecule has 110 valence electrons. The number of ether oxygens (including phenoxy) is 2. The molecule has 0 atom stereocenters. The second kappa shape index (κ2) is 6.01. The van der Waals surface area contributed by atoms with E-state index in [2.05, 4.69) is 0 Å². The van der Waals surface area contributed by atoms with Crippen molar-refractivity contribution in [2.75, 3.05) is 14.2 Å². The largest absolute Gasteiger partial charge is 0.493 e. The van der Waals surface area contributed by atoms with E-state index in [1.165, 1.54) is 14.2 Å². The van der Waals surface area contributed by atoms with Crippen LogP contribution in [0.5, 0.6) is 11.5 Å². The van der Waals surface area contributed by atoms with Crippen LogP contribution < -0.4 is 9.47 Å². The molecular formula is C15H12ClFO4. The van der Waals surface area contributed by atoms with Crippen LogP contribution in [0.15, 0.2) is 30.3 Å². The van der Waals surface area contributed by atoms with Gasteiger partial charge in [-0.15, -0.1) is 0 Å². The summed E-state index contributed by atoms with van der Waals surface area (Å²) < 4.78 is 24.1. The molecule has 0 aliphatic carbocycles. The zero-order chi connectivity index (χ0) is 15.6. The second-order valence-corrected chi connectivity index (χ2v) is 4.59. The summed E-state index contributed by atoms with van der Waals surface area (Å²) in [4.78, 5) is 10.9. The number of carboxylic acid groups (broad SMARTS) is 1. The Hall–Kier alpha value is -2.27. The molecule has 0 radical (unpaired) electrons. The first-order valence-corrected chi connectivity index (χ1v) is 6.30. The van der Waals surface area contributed by atoms with Gasteiger partial charge in [0.25, 0.3) is 0 Å². The lowest BCUT2D eigenvalue weighted by Crippen LogP contribution is -2.01. The van der Waals surface area contributed by atoms with Gasteiger partial charge in [-0.25, -0.2) is 9.18 Å². The van der Waals surface area contributed by atoms with Gasteiger partial charge in [-0.05, 0) is 29.8 Å². The summed E-state index contributed by atoms with van der Waals surface area (Å²) in [5.41, 5.74) is 0.498. The lowest BCUT2D eigenvalue weighted by molar-refractivity contribution is 0.0692. The summed E-state index contributed by atoms with van der Waals surface area (Å²) in [5, 5.41) is 9.01. The number of carbonyl (C=O) groups is 1. The molecule has 2 rings (SSSR count). The zero-order valence-electron chi connectivity index (χ0n) is 11.3. The monoisotopic (exact) mass is 310 g/mol. The molecule has 0 unspecified atom stereocenters. The standard InChI is InChI=1S/C15H12ClFO4/c1-20-13-4-3-8(5-14(13)21-2)9-7-12(17)10(15(18)19)6-11(9)16/h3-7H,1-2H3,(H,18,19). The molecule has 1 N–H and O–H groups in total. The maximum atomic E-state index is 13.8. The number of hydrogen-bond acceptors (Lipinski definition) is 3. The number of hydrogen-bond donors (Lipinski definition) is 1. The van der Waals surface area contributed by atoms with Gasteiger partial charge in [0.05, 0.1) is 19.8 Å². The van der Waals surface area contributed by atoms with Crippen molar-refractivity contribution < 1.29 is 23.8 Å². The SMILES string of the molecule is COc1ccc(-c2cc(F)c(C(=O)O)cc2Cl)cc1OC. The summed E-state index contributed by atoms with van der Waals surface area (Å²) in [7, 11) is 2.99. The van der Waals surface area contributed by atoms with Crippen molar-refractivity contribution in [3.63, 3.8) is 0 Å². The van der Waals surface area contributed by atoms with E-state index in [4.69, 9.17) is 26.2 Å². The fraction of sp³-hybridized carbons (Fsp3) is 0.133. The molecule has 0 aliphatic heterocycles. The first kappa shape index (κ1) is 15.1. The molecule has 0 aromatic heterocycles. The van der Waals surface area contributed by atoms with Gasteiger partial charge in [-0.3, -0.25) is 0 Å². The topological polar surface area (TPSA) is 55.8 Å². The molecule has 0 saturated heterocycles. The Morgan fingerprint density at radius 2 is 1.81 bits per heavy atom. The van der Waals surface area contributed by atoms with Gasteiger partial charge < -0.3 is 14.6 Å². The second-order valence-electron chi connectivity index (χ2n) is 4.19. The molecule has 6 heteroatoms. The van der Waals surface area contributed by atoms with Gasteiger partial charge in [0.2, 0.25) is 0 Å². The first-order valence-electron chi connectivity index (χ1n) is 5.92. The molecule has 0 fully saturated rings. The van der Waals surface area contributed by atoms with Crippen LogP contribution in [0.3, 0.4) is 0 Å². The third-order valence-electron chi connectivity index (χ3n) is 2.98. The minimum atomic E-state index is -1.37. The highest BCUT2D eigenvalue weighted by Gasteiger charge is 2.16. The van der Waals surface area contributed by atoms with Crippen molar-refractivity contribution in [2.45, 2.75) is 0 Å². The van der Waals surface area contributed by atoms with Crippen molar-refractivity contribution in [1.82, 2.24) is 0 Å². The minimum Gasteiger partial charge on any atom is -0.493 e. The van der Waals surface area contributed by atoms with Crippen molar-refractivity contribution in [2.24, 2.45) is 0 Å². The van der Waals surface area contributed by atoms with Gasteiger partial charge in [0.15, 0.2) is 11.5 Å². The van der Waals surface area contributed by atoms with E-state index < -0.39 is 17.3 Å². The van der Waals surface area contributed by atoms with Gasteiger partial charge in [-0.2, -0.15) is 0 Å². The maximum Gasteiger partial charge on any atom is 0.338 e. The van der Waals surface area contributed by atoms with E-state index in [1.54, 1.807) is 18.2 Å². The molecular weight excluding hydrogens is 299 g/mol. The summed E-state index contributed by atoms with van der Waals surface area (Å²) in [6.45, 7) is 0. The lowest BCUT2D eigenvalue weighted by Gasteiger charge is -2.11. The van der Waals surface area contributed by atoms with Crippen molar-refractivity contribution in [3.05, 3.63) is 46.7 Å². The lowest BCUT2D eigenvalue weighted by atomic mass is 10.0. The molecule has 2 aromatic carbocycles. The quantitative estimate of drug-likeness (QED) is 0.931. The van der Waals surface area contributed by atoms with Crippen molar-refractivity contribution >= 4 is 17.6 Å². The third-order valence-corrected chi connectivity index (χ3v) is 3.29. The van der Waals surface area contributed by atoms with Crippen LogP contribution in [0.2, 0.25) is 5.02 Å². The Morgan fingerprint density at radius 3 is 2.38 bits per heavy atom. The van der Waals surface area contributed by atoms with Crippen LogP contribution >= 0.6 is 11.6 Å². The Bertz CT molecular complexity index is 700. The van der Waals surface area contributed by atoms with E-state index in [9.17, 15) is 9.18 Å². The van der Waals surface area contributed by atoms with E-state index in [0.29, 0.717) is 22.6 Å². The Labute approximate surface area is 125 Å². The average molecular weight is 311 g/mol. The number of halogens is 2. The first-order chi connectivity index (χ1) is 9.97. The molecule has 0 spiro atoms. The van der Waals surface area contributed by atoms with Crippen LogP contribution in [0.1, 0.15) is 10.4 Å². The summed E-state index contributed by atoms with van der Waals surface area (Å²) in [5.74, 6) is -1.22. The Kier molecular flexibility index (Phi) is 4.33. The number of rotatable bonds is 4. The number of aromatic carboxylic acids is 1. The summed E-state index contributed by atoms with van der Waals surface area (Å²) >= 11 is 6.05. The van der Waals surface area contributed by atoms with Crippen LogP contribution in [-0.4, -0.2) is 25.3 Å². The van der Waals surface area contributed by atoms with Crippen molar-refractivity contribution in [3.8, 4) is 22.6 Å². The van der Waals surface area contributed by atoms with E-state index in [1.807, 2.05) is 0 Å². The highest BCUT2D eigenvalue weighted by Crippen LogP contribution is 2.36. The normalized spacial score (nSPS) is 10.3. The van der Waals surface area contributed by atoms with Crippen LogP contribution in [-0.2, 0) is 0 Å². The smallest absolute Gasteiger partial charge is 0.338 e. The molecule has 2 aromatic rings. The van der Waals surface area contributed by atoms with E-state index >= 15 is 0 Å². The van der Waals surface area contributed by atoms with E-state index in [-0.39, 0.29) is 5.02 Å². The molecule has 4 nitrogen and oxygen atoms in total. The van der Waals surface area contributed by atoms with Crippen LogP contribution in [0.25, 0.3) is 11.1 Å². The average Bonchev–Trinajstić information content (AvgIpc) is 2.48. The molecule has 0 amide bonds. The molecule has 21 heavy (non-hydrogen) atoms. The van der Waals surface area contributed by atoms with Gasteiger partial charge in [0, 0.05) is 10.6 Å². The number of methoxy groups -OCH3 is 2. The van der Waals surface area contributed by atoms with Gasteiger partial charge >= 0.3 is 5.97 Å². The fourth-order valence-electron chi connectivity index (χ4n) is 1.94. The molecule has 0 aliphatic rings. The third kappa shape index (κ3) is 2.92.